The van der Waals surface area contributed by atoms with Crippen LogP contribution in [0, 0.1) is 10.1 Å². The van der Waals surface area contributed by atoms with Crippen LogP contribution in [0.15, 0.2) is 48.7 Å². The molecule has 0 saturated carbocycles. The maximum absolute atomic E-state index is 11.6. The predicted octanol–water partition coefficient (Wildman–Crippen LogP) is 2.80. The Labute approximate surface area is 130 Å². The molecule has 2 rings (SSSR count). The molecule has 8 heteroatoms. The van der Waals surface area contributed by atoms with Crippen molar-refractivity contribution in [1.29, 1.82) is 0 Å². The number of nitro groups is 1. The van der Waals surface area contributed by atoms with Crippen molar-refractivity contribution in [2.45, 2.75) is 0 Å². The van der Waals surface area contributed by atoms with Crippen LogP contribution in [0.3, 0.4) is 0 Å². The first-order valence-corrected chi connectivity index (χ1v) is 6.52. The number of pyridine rings is 1. The summed E-state index contributed by atoms with van der Waals surface area (Å²) in [5.74, 6) is -0.103. The van der Waals surface area contributed by atoms with E-state index in [0.717, 1.165) is 11.8 Å². The average molecular weight is 319 g/mol. The van der Waals surface area contributed by atoms with Gasteiger partial charge in [0.15, 0.2) is 0 Å². The zero-order chi connectivity index (χ0) is 15.9. The SMILES string of the molecule is O=C(/C=C/c1ccc(Cl)cc1)NNc1ccc([N+](=O)[O-])cn1. The molecule has 1 heterocycles. The van der Waals surface area contributed by atoms with Gasteiger partial charge in [0.25, 0.3) is 11.6 Å². The van der Waals surface area contributed by atoms with E-state index in [1.54, 1.807) is 30.3 Å². The van der Waals surface area contributed by atoms with Gasteiger partial charge in [-0.15, -0.1) is 0 Å². The third-order valence-corrected chi connectivity index (χ3v) is 2.82. The summed E-state index contributed by atoms with van der Waals surface area (Å²) in [6.07, 6.45) is 4.05. The van der Waals surface area contributed by atoms with Gasteiger partial charge < -0.3 is 0 Å². The van der Waals surface area contributed by atoms with E-state index in [0.29, 0.717) is 10.8 Å². The van der Waals surface area contributed by atoms with E-state index < -0.39 is 10.8 Å². The molecule has 0 aliphatic carbocycles. The number of nitrogens with zero attached hydrogens (tertiary/aromatic N) is 2. The Balaban J connectivity index is 1.87. The van der Waals surface area contributed by atoms with Gasteiger partial charge in [-0.25, -0.2) is 4.98 Å². The minimum absolute atomic E-state index is 0.125. The maximum Gasteiger partial charge on any atom is 0.287 e. The molecule has 0 atom stereocenters. The van der Waals surface area contributed by atoms with Crippen LogP contribution in [0.25, 0.3) is 6.08 Å². The number of nitrogens with one attached hydrogen (secondary N) is 2. The van der Waals surface area contributed by atoms with E-state index in [1.165, 1.54) is 18.2 Å². The minimum atomic E-state index is -0.551. The molecular weight excluding hydrogens is 308 g/mol. The van der Waals surface area contributed by atoms with Gasteiger partial charge in [-0.3, -0.25) is 25.8 Å². The number of carbonyl (C=O) groups excluding carboxylic acids is 1. The molecule has 0 unspecified atom stereocenters. The highest BCUT2D eigenvalue weighted by molar-refractivity contribution is 6.30. The molecule has 0 bridgehead atoms. The molecule has 1 aromatic carbocycles. The normalized spacial score (nSPS) is 10.4. The molecule has 0 aliphatic heterocycles. The topological polar surface area (TPSA) is 97.2 Å². The lowest BCUT2D eigenvalue weighted by atomic mass is 10.2. The van der Waals surface area contributed by atoms with Gasteiger partial charge in [0.05, 0.1) is 4.92 Å². The summed E-state index contributed by atoms with van der Waals surface area (Å²) in [6, 6.07) is 9.66. The van der Waals surface area contributed by atoms with Crippen LogP contribution >= 0.6 is 11.6 Å². The van der Waals surface area contributed by atoms with Crippen molar-refractivity contribution >= 4 is 35.1 Å². The van der Waals surface area contributed by atoms with Crippen LogP contribution in [0.2, 0.25) is 5.02 Å². The summed E-state index contributed by atoms with van der Waals surface area (Å²) in [7, 11) is 0. The molecule has 0 fully saturated rings. The molecule has 0 saturated heterocycles. The highest BCUT2D eigenvalue weighted by atomic mass is 35.5. The smallest absolute Gasteiger partial charge is 0.282 e. The highest BCUT2D eigenvalue weighted by Crippen LogP contribution is 2.11. The van der Waals surface area contributed by atoms with Gasteiger partial charge in [-0.1, -0.05) is 23.7 Å². The Morgan fingerprint density at radius 3 is 2.55 bits per heavy atom. The number of anilines is 1. The van der Waals surface area contributed by atoms with E-state index in [1.807, 2.05) is 0 Å². The fourth-order valence-electron chi connectivity index (χ4n) is 1.48. The second kappa shape index (κ2) is 7.19. The van der Waals surface area contributed by atoms with Gasteiger partial charge >= 0.3 is 0 Å². The standard InChI is InChI=1S/C14H11ClN4O3/c15-11-4-1-10(2-5-11)3-8-14(20)18-17-13-7-6-12(9-16-13)19(21)22/h1-9H,(H,16,17)(H,18,20)/b8-3+. The number of hydrazine groups is 1. The molecule has 1 aromatic heterocycles. The Kier molecular flexibility index (Phi) is 5.05. The molecular formula is C14H11ClN4O3. The van der Waals surface area contributed by atoms with Gasteiger partial charge in [0.1, 0.15) is 12.0 Å². The zero-order valence-electron chi connectivity index (χ0n) is 11.2. The molecule has 0 radical (unpaired) electrons. The van der Waals surface area contributed by atoms with E-state index in [9.17, 15) is 14.9 Å². The number of hydrogen-bond acceptors (Lipinski definition) is 5. The first-order chi connectivity index (χ1) is 10.5. The first kappa shape index (κ1) is 15.5. The van der Waals surface area contributed by atoms with Gasteiger partial charge in [-0.05, 0) is 29.8 Å². The van der Waals surface area contributed by atoms with Crippen LogP contribution in [0.4, 0.5) is 11.5 Å². The van der Waals surface area contributed by atoms with Crippen molar-refractivity contribution < 1.29 is 9.72 Å². The van der Waals surface area contributed by atoms with Gasteiger partial charge in [-0.2, -0.15) is 0 Å². The summed E-state index contributed by atoms with van der Waals surface area (Å²) in [5.41, 5.74) is 5.65. The number of hydrogen-bond donors (Lipinski definition) is 2. The first-order valence-electron chi connectivity index (χ1n) is 6.15. The van der Waals surface area contributed by atoms with E-state index in [-0.39, 0.29) is 5.69 Å². The number of benzene rings is 1. The van der Waals surface area contributed by atoms with Crippen LogP contribution in [0.5, 0.6) is 0 Å². The number of aromatic nitrogens is 1. The number of halogens is 1. The minimum Gasteiger partial charge on any atom is -0.282 e. The Bertz CT molecular complexity index is 699. The van der Waals surface area contributed by atoms with Crippen molar-refractivity contribution in [2.75, 3.05) is 5.43 Å². The summed E-state index contributed by atoms with van der Waals surface area (Å²) < 4.78 is 0. The Morgan fingerprint density at radius 2 is 1.95 bits per heavy atom. The third kappa shape index (κ3) is 4.57. The molecule has 0 aliphatic rings. The number of rotatable bonds is 5. The van der Waals surface area contributed by atoms with Crippen molar-refractivity contribution in [1.82, 2.24) is 10.4 Å². The van der Waals surface area contributed by atoms with Crippen LogP contribution < -0.4 is 10.9 Å². The summed E-state index contributed by atoms with van der Waals surface area (Å²) in [5, 5.41) is 11.1. The van der Waals surface area contributed by atoms with E-state index in [4.69, 9.17) is 11.6 Å². The summed E-state index contributed by atoms with van der Waals surface area (Å²) >= 11 is 5.76. The summed E-state index contributed by atoms with van der Waals surface area (Å²) in [4.78, 5) is 25.3. The second-order valence-corrected chi connectivity index (χ2v) is 4.59. The number of carbonyl (C=O) groups is 1. The zero-order valence-corrected chi connectivity index (χ0v) is 11.9. The third-order valence-electron chi connectivity index (χ3n) is 2.57. The fourth-order valence-corrected chi connectivity index (χ4v) is 1.61. The van der Waals surface area contributed by atoms with Crippen LogP contribution in [-0.4, -0.2) is 15.8 Å². The summed E-state index contributed by atoms with van der Waals surface area (Å²) in [6.45, 7) is 0. The monoisotopic (exact) mass is 318 g/mol. The van der Waals surface area contributed by atoms with Crippen LogP contribution in [-0.2, 0) is 4.79 Å². The fraction of sp³-hybridized carbons (Fsp3) is 0. The number of amides is 1. The molecule has 112 valence electrons. The highest BCUT2D eigenvalue weighted by Gasteiger charge is 2.05. The maximum atomic E-state index is 11.6. The van der Waals surface area contributed by atoms with Crippen LogP contribution in [0.1, 0.15) is 5.56 Å². The van der Waals surface area contributed by atoms with Crippen molar-refractivity contribution in [3.63, 3.8) is 0 Å². The molecule has 1 amide bonds. The second-order valence-electron chi connectivity index (χ2n) is 4.16. The Morgan fingerprint density at radius 1 is 1.23 bits per heavy atom. The molecule has 7 nitrogen and oxygen atoms in total. The molecule has 0 spiro atoms. The van der Waals surface area contributed by atoms with Gasteiger partial charge in [0, 0.05) is 17.2 Å². The van der Waals surface area contributed by atoms with Crippen molar-refractivity contribution in [3.8, 4) is 0 Å². The molecule has 2 N–H and O–H groups in total. The lowest BCUT2D eigenvalue weighted by Gasteiger charge is -2.04. The molecule has 2 aromatic rings. The Hall–Kier alpha value is -2.93. The van der Waals surface area contributed by atoms with E-state index >= 15 is 0 Å². The van der Waals surface area contributed by atoms with E-state index in [2.05, 4.69) is 15.8 Å². The van der Waals surface area contributed by atoms with Crippen molar-refractivity contribution in [2.24, 2.45) is 0 Å². The van der Waals surface area contributed by atoms with Crippen molar-refractivity contribution in [3.05, 3.63) is 69.4 Å². The largest absolute Gasteiger partial charge is 0.287 e. The molecule has 22 heavy (non-hydrogen) atoms. The predicted molar refractivity (Wildman–Crippen MR) is 83.1 cm³/mol. The van der Waals surface area contributed by atoms with Gasteiger partial charge in [0.2, 0.25) is 0 Å². The lowest BCUT2D eigenvalue weighted by molar-refractivity contribution is -0.385. The lowest BCUT2D eigenvalue weighted by Crippen LogP contribution is -2.27. The quantitative estimate of drug-likeness (QED) is 0.502. The average Bonchev–Trinajstić information content (AvgIpc) is 2.52.